The number of carbonyl (C=O) groups excluding carboxylic acids is 1. The maximum atomic E-state index is 12.7. The molecule has 2 aliphatic rings. The molecule has 8 heteroatoms. The molecule has 2 atom stereocenters. The second-order valence-corrected chi connectivity index (χ2v) is 8.90. The van der Waals surface area contributed by atoms with Gasteiger partial charge in [0.05, 0.1) is 22.6 Å². The molecule has 2 aromatic rings. The van der Waals surface area contributed by atoms with Crippen molar-refractivity contribution < 1.29 is 9.53 Å². The van der Waals surface area contributed by atoms with Crippen molar-refractivity contribution in [1.82, 2.24) is 9.97 Å². The number of carbonyl (C=O) groups is 1. The van der Waals surface area contributed by atoms with Crippen LogP contribution in [0.15, 0.2) is 33.7 Å². The topological polar surface area (TPSA) is 81.2 Å². The Morgan fingerprint density at radius 3 is 3.04 bits per heavy atom. The maximum absolute atomic E-state index is 12.7. The summed E-state index contributed by atoms with van der Waals surface area (Å²) in [5.41, 5.74) is 0.408. The summed E-state index contributed by atoms with van der Waals surface area (Å²) in [6, 6.07) is 3.46. The van der Waals surface area contributed by atoms with Crippen LogP contribution in [0.5, 0.6) is 0 Å². The molecule has 0 radical (unpaired) electrons. The second kappa shape index (κ2) is 7.98. The Kier molecular flexibility index (Phi) is 5.45. The van der Waals surface area contributed by atoms with Gasteiger partial charge >= 0.3 is 5.97 Å². The first kappa shape index (κ1) is 18.4. The van der Waals surface area contributed by atoms with Crippen LogP contribution < -0.4 is 10.9 Å². The Labute approximate surface area is 165 Å². The molecule has 2 aromatic heterocycles. The Morgan fingerprint density at radius 2 is 2.19 bits per heavy atom. The van der Waals surface area contributed by atoms with Gasteiger partial charge in [-0.15, -0.1) is 11.8 Å². The minimum Gasteiger partial charge on any atom is -0.463 e. The van der Waals surface area contributed by atoms with Crippen molar-refractivity contribution in [2.24, 2.45) is 5.92 Å². The van der Waals surface area contributed by atoms with E-state index >= 15 is 0 Å². The van der Waals surface area contributed by atoms with Gasteiger partial charge in [0.15, 0.2) is 5.13 Å². The third kappa shape index (κ3) is 3.73. The van der Waals surface area contributed by atoms with Crippen LogP contribution in [0.3, 0.4) is 0 Å². The normalized spacial score (nSPS) is 22.4. The summed E-state index contributed by atoms with van der Waals surface area (Å²) in [5.74, 6) is -0.0532. The van der Waals surface area contributed by atoms with Crippen molar-refractivity contribution in [3.63, 3.8) is 0 Å². The van der Waals surface area contributed by atoms with Gasteiger partial charge in [-0.2, -0.15) is 4.98 Å². The molecule has 1 aliphatic carbocycles. The zero-order valence-electron chi connectivity index (χ0n) is 15.1. The zero-order valence-corrected chi connectivity index (χ0v) is 16.7. The molecule has 1 aliphatic heterocycles. The van der Waals surface area contributed by atoms with Crippen molar-refractivity contribution >= 4 is 44.4 Å². The van der Waals surface area contributed by atoms with Gasteiger partial charge in [-0.3, -0.25) is 4.79 Å². The first-order valence-corrected chi connectivity index (χ1v) is 11.0. The fraction of sp³-hybridized carbons (Fsp3) is 0.474. The van der Waals surface area contributed by atoms with Gasteiger partial charge < -0.3 is 10.1 Å². The highest BCUT2D eigenvalue weighted by molar-refractivity contribution is 8.04. The highest BCUT2D eigenvalue weighted by Gasteiger charge is 2.40. The summed E-state index contributed by atoms with van der Waals surface area (Å²) in [4.78, 5) is 34.0. The number of thioether (sulfide) groups is 1. The lowest BCUT2D eigenvalue weighted by molar-refractivity contribution is -0.139. The summed E-state index contributed by atoms with van der Waals surface area (Å²) in [7, 11) is 0. The van der Waals surface area contributed by atoms with E-state index in [4.69, 9.17) is 4.74 Å². The average molecular weight is 404 g/mol. The number of aromatic nitrogens is 2. The SMILES string of the molecule is CCOC(=O)C1=C(Nc2nc(=O)c3cccnc3s2)SC2CCCCCC12. The largest absolute Gasteiger partial charge is 0.463 e. The Balaban J connectivity index is 1.71. The quantitative estimate of drug-likeness (QED) is 0.775. The lowest BCUT2D eigenvalue weighted by atomic mass is 9.92. The van der Waals surface area contributed by atoms with Crippen molar-refractivity contribution in [2.75, 3.05) is 11.9 Å². The molecule has 142 valence electrons. The van der Waals surface area contributed by atoms with Crippen LogP contribution >= 0.6 is 23.1 Å². The molecule has 0 amide bonds. The Bertz CT molecular complexity index is 957. The third-order valence-electron chi connectivity index (χ3n) is 4.95. The highest BCUT2D eigenvalue weighted by atomic mass is 32.2. The molecule has 3 heterocycles. The number of esters is 1. The van der Waals surface area contributed by atoms with E-state index in [0.717, 1.165) is 29.9 Å². The van der Waals surface area contributed by atoms with Gasteiger partial charge in [0, 0.05) is 17.4 Å². The van der Waals surface area contributed by atoms with Gasteiger partial charge in [0.25, 0.3) is 5.56 Å². The van der Waals surface area contributed by atoms with E-state index in [1.54, 1.807) is 30.1 Å². The summed E-state index contributed by atoms with van der Waals surface area (Å²) >= 11 is 3.01. The van der Waals surface area contributed by atoms with Crippen molar-refractivity contribution in [3.05, 3.63) is 39.3 Å². The summed E-state index contributed by atoms with van der Waals surface area (Å²) < 4.78 is 5.34. The monoisotopic (exact) mass is 403 g/mol. The number of rotatable bonds is 4. The molecule has 4 rings (SSSR count). The number of pyridine rings is 1. The van der Waals surface area contributed by atoms with E-state index in [1.807, 2.05) is 6.92 Å². The number of nitrogens with one attached hydrogen (secondary N) is 1. The molecule has 6 nitrogen and oxygen atoms in total. The lowest BCUT2D eigenvalue weighted by Crippen LogP contribution is -2.20. The van der Waals surface area contributed by atoms with Gasteiger partial charge in [-0.1, -0.05) is 30.6 Å². The van der Waals surface area contributed by atoms with E-state index in [-0.39, 0.29) is 17.4 Å². The van der Waals surface area contributed by atoms with Crippen LogP contribution in [0, 0.1) is 5.92 Å². The number of hydrogen-bond acceptors (Lipinski definition) is 8. The standard InChI is InChI=1S/C19H21N3O3S2/c1-2-25-18(24)14-11-7-4-3-5-9-13(11)26-17(14)22-19-21-15(23)12-8-6-10-20-16(12)27-19/h6,8,10-11,13H,2-5,7,9H2,1H3,(H,21,22,23). The fourth-order valence-electron chi connectivity index (χ4n) is 3.73. The van der Waals surface area contributed by atoms with E-state index in [2.05, 4.69) is 15.3 Å². The first-order chi connectivity index (χ1) is 13.2. The number of fused-ring (bicyclic) bond motifs is 2. The average Bonchev–Trinajstić information content (AvgIpc) is 2.82. The number of ether oxygens (including phenoxy) is 1. The smallest absolute Gasteiger partial charge is 0.336 e. The van der Waals surface area contributed by atoms with Gasteiger partial charge in [0.2, 0.25) is 0 Å². The molecule has 0 saturated heterocycles. The molecular weight excluding hydrogens is 382 g/mol. The first-order valence-electron chi connectivity index (χ1n) is 9.28. The Hall–Kier alpha value is -1.93. The maximum Gasteiger partial charge on any atom is 0.336 e. The molecule has 1 N–H and O–H groups in total. The lowest BCUT2D eigenvalue weighted by Gasteiger charge is -2.17. The summed E-state index contributed by atoms with van der Waals surface area (Å²) in [5, 5.41) is 5.39. The molecule has 0 spiro atoms. The van der Waals surface area contributed by atoms with Crippen LogP contribution in [0.2, 0.25) is 0 Å². The van der Waals surface area contributed by atoms with Crippen LogP contribution in [0.25, 0.3) is 10.2 Å². The van der Waals surface area contributed by atoms with E-state index < -0.39 is 0 Å². The van der Waals surface area contributed by atoms with Crippen LogP contribution in [0.1, 0.15) is 39.0 Å². The highest BCUT2D eigenvalue weighted by Crippen LogP contribution is 2.48. The molecule has 27 heavy (non-hydrogen) atoms. The fourth-order valence-corrected chi connectivity index (χ4v) is 6.18. The molecule has 1 saturated carbocycles. The second-order valence-electron chi connectivity index (χ2n) is 6.67. The minimum atomic E-state index is -0.310. The number of anilines is 1. The van der Waals surface area contributed by atoms with Crippen molar-refractivity contribution in [2.45, 2.75) is 44.3 Å². The number of hydrogen-bond donors (Lipinski definition) is 1. The predicted molar refractivity (Wildman–Crippen MR) is 109 cm³/mol. The van der Waals surface area contributed by atoms with Gasteiger partial charge in [0.1, 0.15) is 4.83 Å². The molecule has 0 bridgehead atoms. The van der Waals surface area contributed by atoms with E-state index in [0.29, 0.717) is 27.2 Å². The van der Waals surface area contributed by atoms with Crippen molar-refractivity contribution in [3.8, 4) is 0 Å². The molecule has 2 unspecified atom stereocenters. The van der Waals surface area contributed by atoms with Gasteiger partial charge in [-0.05, 0) is 31.9 Å². The van der Waals surface area contributed by atoms with Gasteiger partial charge in [-0.25, -0.2) is 9.78 Å². The zero-order chi connectivity index (χ0) is 18.8. The van der Waals surface area contributed by atoms with Crippen LogP contribution in [-0.2, 0) is 9.53 Å². The molecular formula is C19H21N3O3S2. The van der Waals surface area contributed by atoms with Crippen LogP contribution in [0.4, 0.5) is 5.13 Å². The summed E-state index contributed by atoms with van der Waals surface area (Å²) in [6.45, 7) is 2.17. The van der Waals surface area contributed by atoms with Crippen molar-refractivity contribution in [1.29, 1.82) is 0 Å². The predicted octanol–water partition coefficient (Wildman–Crippen LogP) is 3.93. The summed E-state index contributed by atoms with van der Waals surface area (Å²) in [6.07, 6.45) is 7.28. The minimum absolute atomic E-state index is 0.203. The molecule has 0 aromatic carbocycles. The molecule has 1 fully saturated rings. The van der Waals surface area contributed by atoms with E-state index in [9.17, 15) is 9.59 Å². The third-order valence-corrected chi connectivity index (χ3v) is 7.28. The number of nitrogens with zero attached hydrogens (tertiary/aromatic N) is 2. The van der Waals surface area contributed by atoms with E-state index in [1.165, 1.54) is 24.2 Å². The van der Waals surface area contributed by atoms with Crippen LogP contribution in [-0.4, -0.2) is 27.8 Å². The Morgan fingerprint density at radius 1 is 1.33 bits per heavy atom.